The Kier molecular flexibility index (Phi) is 3.43. The molecule has 0 saturated carbocycles. The Morgan fingerprint density at radius 2 is 2.20 bits per heavy atom. The van der Waals surface area contributed by atoms with E-state index in [4.69, 9.17) is 16.3 Å². The molecular formula is C11H9ClINO. The standard InChI is InChI=1S/C11H9ClINO/c1-15-6-8-5-10(12)9-4-7(13)2-3-11(9)14-8/h2-5H,6H2,1H3. The van der Waals surface area contributed by atoms with Crippen LogP contribution in [0.5, 0.6) is 0 Å². The van der Waals surface area contributed by atoms with Gasteiger partial charge in [0.15, 0.2) is 0 Å². The van der Waals surface area contributed by atoms with Crippen LogP contribution in [0.3, 0.4) is 0 Å². The number of ether oxygens (including phenoxy) is 1. The van der Waals surface area contributed by atoms with E-state index in [1.807, 2.05) is 24.3 Å². The van der Waals surface area contributed by atoms with Gasteiger partial charge in [-0.2, -0.15) is 0 Å². The molecule has 4 heteroatoms. The Morgan fingerprint density at radius 1 is 1.40 bits per heavy atom. The Labute approximate surface area is 107 Å². The number of hydrogen-bond acceptors (Lipinski definition) is 2. The van der Waals surface area contributed by atoms with Crippen LogP contribution in [0.1, 0.15) is 5.69 Å². The summed E-state index contributed by atoms with van der Waals surface area (Å²) in [6.45, 7) is 0.488. The van der Waals surface area contributed by atoms with Crippen molar-refractivity contribution in [2.24, 2.45) is 0 Å². The number of pyridine rings is 1. The topological polar surface area (TPSA) is 22.1 Å². The number of rotatable bonds is 2. The van der Waals surface area contributed by atoms with Crippen molar-refractivity contribution in [3.63, 3.8) is 0 Å². The van der Waals surface area contributed by atoms with Gasteiger partial charge in [-0.15, -0.1) is 0 Å². The highest BCUT2D eigenvalue weighted by molar-refractivity contribution is 14.1. The predicted molar refractivity (Wildman–Crippen MR) is 70.2 cm³/mol. The third-order valence-corrected chi connectivity index (χ3v) is 3.05. The van der Waals surface area contributed by atoms with Gasteiger partial charge in [-0.05, 0) is 46.9 Å². The Bertz CT molecular complexity index is 501. The van der Waals surface area contributed by atoms with Gasteiger partial charge in [-0.25, -0.2) is 0 Å². The van der Waals surface area contributed by atoms with Crippen molar-refractivity contribution < 1.29 is 4.74 Å². The van der Waals surface area contributed by atoms with Gasteiger partial charge in [-0.1, -0.05) is 11.6 Å². The summed E-state index contributed by atoms with van der Waals surface area (Å²) in [5, 5.41) is 1.72. The molecular weight excluding hydrogens is 324 g/mol. The van der Waals surface area contributed by atoms with Gasteiger partial charge < -0.3 is 4.74 Å². The number of fused-ring (bicyclic) bond motifs is 1. The number of benzene rings is 1. The molecule has 1 aromatic carbocycles. The van der Waals surface area contributed by atoms with Crippen molar-refractivity contribution in [2.75, 3.05) is 7.11 Å². The average Bonchev–Trinajstić information content (AvgIpc) is 2.20. The van der Waals surface area contributed by atoms with Crippen molar-refractivity contribution in [3.05, 3.63) is 38.6 Å². The molecule has 0 unspecified atom stereocenters. The second-order valence-corrected chi connectivity index (χ2v) is 4.84. The van der Waals surface area contributed by atoms with Crippen LogP contribution in [0.25, 0.3) is 10.9 Å². The van der Waals surface area contributed by atoms with Gasteiger partial charge >= 0.3 is 0 Å². The summed E-state index contributed by atoms with van der Waals surface area (Å²) in [7, 11) is 1.65. The van der Waals surface area contributed by atoms with Crippen LogP contribution in [0.4, 0.5) is 0 Å². The van der Waals surface area contributed by atoms with Crippen molar-refractivity contribution >= 4 is 45.1 Å². The quantitative estimate of drug-likeness (QED) is 0.783. The molecule has 0 atom stereocenters. The molecule has 2 nitrogen and oxygen atoms in total. The van der Waals surface area contributed by atoms with Gasteiger partial charge in [0.1, 0.15) is 0 Å². The SMILES string of the molecule is COCc1cc(Cl)c2cc(I)ccc2n1. The number of hydrogen-bond donors (Lipinski definition) is 0. The second-order valence-electron chi connectivity index (χ2n) is 3.19. The van der Waals surface area contributed by atoms with E-state index in [2.05, 4.69) is 27.6 Å². The van der Waals surface area contributed by atoms with E-state index >= 15 is 0 Å². The van der Waals surface area contributed by atoms with Gasteiger partial charge in [0.25, 0.3) is 0 Å². The lowest BCUT2D eigenvalue weighted by Gasteiger charge is -2.04. The van der Waals surface area contributed by atoms with E-state index in [0.717, 1.165) is 25.2 Å². The summed E-state index contributed by atoms with van der Waals surface area (Å²) in [5.74, 6) is 0. The molecule has 2 aromatic rings. The highest BCUT2D eigenvalue weighted by Crippen LogP contribution is 2.25. The third kappa shape index (κ3) is 2.41. The van der Waals surface area contributed by atoms with Crippen LogP contribution < -0.4 is 0 Å². The molecule has 1 aromatic heterocycles. The molecule has 0 fully saturated rings. The third-order valence-electron chi connectivity index (χ3n) is 2.07. The maximum absolute atomic E-state index is 6.17. The maximum Gasteiger partial charge on any atom is 0.0884 e. The van der Waals surface area contributed by atoms with Crippen molar-refractivity contribution in [1.29, 1.82) is 0 Å². The molecule has 2 rings (SSSR count). The van der Waals surface area contributed by atoms with Crippen LogP contribution in [0.15, 0.2) is 24.3 Å². The molecule has 0 bridgehead atoms. The van der Waals surface area contributed by atoms with Gasteiger partial charge in [0.2, 0.25) is 0 Å². The maximum atomic E-state index is 6.17. The smallest absolute Gasteiger partial charge is 0.0884 e. The molecule has 0 spiro atoms. The van der Waals surface area contributed by atoms with Crippen LogP contribution >= 0.6 is 34.2 Å². The van der Waals surface area contributed by atoms with Crippen LogP contribution in [-0.4, -0.2) is 12.1 Å². The second kappa shape index (κ2) is 4.63. The summed E-state index contributed by atoms with van der Waals surface area (Å²) in [4.78, 5) is 4.45. The van der Waals surface area contributed by atoms with Crippen LogP contribution in [0.2, 0.25) is 5.02 Å². The predicted octanol–water partition coefficient (Wildman–Crippen LogP) is 3.64. The first-order valence-corrected chi connectivity index (χ1v) is 5.90. The lowest BCUT2D eigenvalue weighted by molar-refractivity contribution is 0.182. The normalized spacial score (nSPS) is 10.9. The molecule has 0 N–H and O–H groups in total. The molecule has 0 radical (unpaired) electrons. The van der Waals surface area contributed by atoms with Gasteiger partial charge in [0, 0.05) is 16.1 Å². The van der Waals surface area contributed by atoms with E-state index in [9.17, 15) is 0 Å². The zero-order valence-corrected chi connectivity index (χ0v) is 11.0. The summed E-state index contributed by atoms with van der Waals surface area (Å²) in [6, 6.07) is 7.87. The average molecular weight is 334 g/mol. The number of aromatic nitrogens is 1. The Balaban J connectivity index is 2.62. The number of methoxy groups -OCH3 is 1. The van der Waals surface area contributed by atoms with E-state index in [-0.39, 0.29) is 0 Å². The molecule has 15 heavy (non-hydrogen) atoms. The lowest BCUT2D eigenvalue weighted by Crippen LogP contribution is -1.93. The Hall–Kier alpha value is -0.390. The molecule has 0 aliphatic rings. The fraction of sp³-hybridized carbons (Fsp3) is 0.182. The van der Waals surface area contributed by atoms with E-state index in [1.54, 1.807) is 7.11 Å². The first-order valence-electron chi connectivity index (χ1n) is 4.44. The summed E-state index contributed by atoms with van der Waals surface area (Å²) in [5.41, 5.74) is 1.77. The largest absolute Gasteiger partial charge is 0.378 e. The highest BCUT2D eigenvalue weighted by Gasteiger charge is 2.04. The van der Waals surface area contributed by atoms with Gasteiger partial charge in [0.05, 0.1) is 22.8 Å². The van der Waals surface area contributed by atoms with Crippen molar-refractivity contribution in [1.82, 2.24) is 4.98 Å². The zero-order chi connectivity index (χ0) is 10.8. The van der Waals surface area contributed by atoms with E-state index in [1.165, 1.54) is 0 Å². The highest BCUT2D eigenvalue weighted by atomic mass is 127. The minimum Gasteiger partial charge on any atom is -0.378 e. The molecule has 0 aliphatic heterocycles. The fourth-order valence-corrected chi connectivity index (χ4v) is 2.20. The van der Waals surface area contributed by atoms with E-state index in [0.29, 0.717) is 6.61 Å². The molecule has 1 heterocycles. The number of halogens is 2. The minimum absolute atomic E-state index is 0.488. The summed E-state index contributed by atoms with van der Waals surface area (Å²) in [6.07, 6.45) is 0. The summed E-state index contributed by atoms with van der Waals surface area (Å²) < 4.78 is 6.19. The molecule has 78 valence electrons. The van der Waals surface area contributed by atoms with Crippen LogP contribution in [-0.2, 0) is 11.3 Å². The summed E-state index contributed by atoms with van der Waals surface area (Å²) >= 11 is 8.43. The van der Waals surface area contributed by atoms with Gasteiger partial charge in [-0.3, -0.25) is 4.98 Å². The van der Waals surface area contributed by atoms with Crippen molar-refractivity contribution in [2.45, 2.75) is 6.61 Å². The minimum atomic E-state index is 0.488. The molecule has 0 saturated heterocycles. The fourth-order valence-electron chi connectivity index (χ4n) is 1.43. The molecule has 0 amide bonds. The van der Waals surface area contributed by atoms with E-state index < -0.39 is 0 Å². The zero-order valence-electron chi connectivity index (χ0n) is 8.13. The lowest BCUT2D eigenvalue weighted by atomic mass is 10.2. The number of nitrogens with zero attached hydrogens (tertiary/aromatic N) is 1. The monoisotopic (exact) mass is 333 g/mol. The van der Waals surface area contributed by atoms with Crippen molar-refractivity contribution in [3.8, 4) is 0 Å². The first kappa shape index (κ1) is 11.1. The first-order chi connectivity index (χ1) is 7.20. The Morgan fingerprint density at radius 3 is 2.93 bits per heavy atom. The molecule has 0 aliphatic carbocycles. The van der Waals surface area contributed by atoms with Crippen LogP contribution in [0, 0.1) is 3.57 Å².